The van der Waals surface area contributed by atoms with Crippen LogP contribution in [-0.2, 0) is 0 Å². The van der Waals surface area contributed by atoms with Crippen LogP contribution in [0.5, 0.6) is 0 Å². The summed E-state index contributed by atoms with van der Waals surface area (Å²) < 4.78 is 0. The van der Waals surface area contributed by atoms with Crippen molar-refractivity contribution in [3.8, 4) is 0 Å². The maximum atomic E-state index is 6.21. The molecule has 0 aromatic heterocycles. The van der Waals surface area contributed by atoms with E-state index in [-0.39, 0.29) is 0 Å². The number of hydrogen-bond acceptors (Lipinski definition) is 1. The highest BCUT2D eigenvalue weighted by Gasteiger charge is 2.21. The van der Waals surface area contributed by atoms with Crippen molar-refractivity contribution in [3.05, 3.63) is 0 Å². The van der Waals surface area contributed by atoms with E-state index in [4.69, 9.17) is 11.6 Å². The third-order valence-electron chi connectivity index (χ3n) is 2.33. The first-order chi connectivity index (χ1) is 5.97. The Morgan fingerprint density at radius 1 is 1.38 bits per heavy atom. The largest absolute Gasteiger partial charge is 0.315 e. The molecule has 78 valence electrons. The minimum absolute atomic E-state index is 0.291. The zero-order valence-electron chi connectivity index (χ0n) is 9.07. The summed E-state index contributed by atoms with van der Waals surface area (Å²) in [5.41, 5.74) is 0.355. The van der Waals surface area contributed by atoms with Gasteiger partial charge in [-0.15, -0.1) is 11.6 Å². The minimum atomic E-state index is 0.291. The first-order valence-corrected chi connectivity index (χ1v) is 5.76. The van der Waals surface area contributed by atoms with E-state index in [0.717, 1.165) is 18.9 Å². The summed E-state index contributed by atoms with van der Waals surface area (Å²) in [6.45, 7) is 8.86. The summed E-state index contributed by atoms with van der Waals surface area (Å²) in [7, 11) is 0. The van der Waals surface area contributed by atoms with Crippen molar-refractivity contribution in [1.82, 2.24) is 5.32 Å². The van der Waals surface area contributed by atoms with Gasteiger partial charge in [0.2, 0.25) is 0 Å². The Hall–Kier alpha value is 0.250. The molecule has 1 aliphatic rings. The average molecular weight is 204 g/mol. The van der Waals surface area contributed by atoms with Gasteiger partial charge in [0, 0.05) is 11.9 Å². The van der Waals surface area contributed by atoms with Crippen LogP contribution in [0.25, 0.3) is 0 Å². The molecular formula is C11H22ClN. The van der Waals surface area contributed by atoms with Gasteiger partial charge >= 0.3 is 0 Å². The molecule has 13 heavy (non-hydrogen) atoms. The Morgan fingerprint density at radius 2 is 2.00 bits per heavy atom. The second kappa shape index (κ2) is 4.65. The minimum Gasteiger partial charge on any atom is -0.315 e. The van der Waals surface area contributed by atoms with Gasteiger partial charge in [0.05, 0.1) is 0 Å². The summed E-state index contributed by atoms with van der Waals surface area (Å²) in [6.07, 6.45) is 3.92. The van der Waals surface area contributed by atoms with E-state index in [1.54, 1.807) is 0 Å². The number of rotatable bonds is 5. The van der Waals surface area contributed by atoms with E-state index in [2.05, 4.69) is 26.1 Å². The Labute approximate surface area is 87.2 Å². The van der Waals surface area contributed by atoms with Crippen molar-refractivity contribution in [2.75, 3.05) is 13.1 Å². The molecule has 1 rings (SSSR count). The Morgan fingerprint density at radius 3 is 2.46 bits per heavy atom. The highest BCUT2D eigenvalue weighted by molar-refractivity contribution is 6.20. The van der Waals surface area contributed by atoms with Gasteiger partial charge in [-0.1, -0.05) is 20.8 Å². The van der Waals surface area contributed by atoms with Crippen LogP contribution in [0.15, 0.2) is 0 Å². The zero-order chi connectivity index (χ0) is 9.90. The van der Waals surface area contributed by atoms with E-state index in [0.29, 0.717) is 10.8 Å². The Kier molecular flexibility index (Phi) is 4.06. The van der Waals surface area contributed by atoms with E-state index in [9.17, 15) is 0 Å². The van der Waals surface area contributed by atoms with E-state index >= 15 is 0 Å². The van der Waals surface area contributed by atoms with Crippen LogP contribution in [0.1, 0.15) is 40.0 Å². The van der Waals surface area contributed by atoms with E-state index in [1.165, 1.54) is 19.4 Å². The Bertz CT molecular complexity index is 147. The van der Waals surface area contributed by atoms with Crippen LogP contribution in [0.3, 0.4) is 0 Å². The van der Waals surface area contributed by atoms with Crippen molar-refractivity contribution in [3.63, 3.8) is 0 Å². The van der Waals surface area contributed by atoms with Crippen molar-refractivity contribution in [2.45, 2.75) is 45.4 Å². The molecule has 1 fully saturated rings. The standard InChI is InChI=1S/C11H22ClN/c1-11(2,3)6-10(12)8-13-7-9-4-5-9/h9-10,13H,4-8H2,1-3H3. The zero-order valence-corrected chi connectivity index (χ0v) is 9.82. The summed E-state index contributed by atoms with van der Waals surface area (Å²) in [6, 6.07) is 0. The highest BCUT2D eigenvalue weighted by atomic mass is 35.5. The highest BCUT2D eigenvalue weighted by Crippen LogP contribution is 2.28. The molecule has 0 saturated heterocycles. The van der Waals surface area contributed by atoms with Crippen molar-refractivity contribution in [2.24, 2.45) is 11.3 Å². The molecule has 0 heterocycles. The van der Waals surface area contributed by atoms with Gasteiger partial charge in [0.15, 0.2) is 0 Å². The molecule has 0 aromatic carbocycles. The van der Waals surface area contributed by atoms with E-state index < -0.39 is 0 Å². The van der Waals surface area contributed by atoms with Crippen molar-refractivity contribution >= 4 is 11.6 Å². The maximum Gasteiger partial charge on any atom is 0.0465 e. The molecule has 1 unspecified atom stereocenters. The number of nitrogens with one attached hydrogen (secondary N) is 1. The normalized spacial score (nSPS) is 20.3. The SMILES string of the molecule is CC(C)(C)CC(Cl)CNCC1CC1. The fourth-order valence-corrected chi connectivity index (χ4v) is 2.07. The van der Waals surface area contributed by atoms with Gasteiger partial charge in [0.1, 0.15) is 0 Å². The third kappa shape index (κ3) is 6.34. The number of hydrogen-bond donors (Lipinski definition) is 1. The first-order valence-electron chi connectivity index (χ1n) is 5.32. The van der Waals surface area contributed by atoms with Crippen LogP contribution < -0.4 is 5.32 Å². The molecule has 0 spiro atoms. The molecule has 1 nitrogen and oxygen atoms in total. The average Bonchev–Trinajstić information content (AvgIpc) is 2.66. The topological polar surface area (TPSA) is 12.0 Å². The summed E-state index contributed by atoms with van der Waals surface area (Å²) in [5, 5.41) is 3.73. The number of alkyl halides is 1. The molecule has 1 atom stereocenters. The predicted octanol–water partition coefficient (Wildman–Crippen LogP) is 3.03. The van der Waals surface area contributed by atoms with Gasteiger partial charge in [0.25, 0.3) is 0 Å². The fourth-order valence-electron chi connectivity index (χ4n) is 1.50. The molecule has 1 N–H and O–H groups in total. The summed E-state index contributed by atoms with van der Waals surface area (Å²) >= 11 is 6.21. The quantitative estimate of drug-likeness (QED) is 0.678. The lowest BCUT2D eigenvalue weighted by Gasteiger charge is -2.21. The van der Waals surface area contributed by atoms with Crippen LogP contribution in [0.2, 0.25) is 0 Å². The van der Waals surface area contributed by atoms with Gasteiger partial charge in [-0.3, -0.25) is 0 Å². The van der Waals surface area contributed by atoms with Crippen LogP contribution in [0.4, 0.5) is 0 Å². The van der Waals surface area contributed by atoms with Crippen molar-refractivity contribution in [1.29, 1.82) is 0 Å². The van der Waals surface area contributed by atoms with Crippen LogP contribution in [0, 0.1) is 11.3 Å². The van der Waals surface area contributed by atoms with Crippen molar-refractivity contribution < 1.29 is 0 Å². The molecule has 0 bridgehead atoms. The molecule has 2 heteroatoms. The number of halogens is 1. The molecule has 0 radical (unpaired) electrons. The lowest BCUT2D eigenvalue weighted by atomic mass is 9.90. The molecule has 1 saturated carbocycles. The van der Waals surface area contributed by atoms with Gasteiger partial charge in [-0.2, -0.15) is 0 Å². The van der Waals surface area contributed by atoms with Crippen LogP contribution >= 0.6 is 11.6 Å². The molecule has 0 aliphatic heterocycles. The first kappa shape index (κ1) is 11.3. The third-order valence-corrected chi connectivity index (χ3v) is 2.64. The lowest BCUT2D eigenvalue weighted by Crippen LogP contribution is -2.28. The van der Waals surface area contributed by atoms with Gasteiger partial charge < -0.3 is 5.32 Å². The maximum absolute atomic E-state index is 6.21. The Balaban J connectivity index is 1.99. The predicted molar refractivity (Wildman–Crippen MR) is 59.3 cm³/mol. The molecule has 0 amide bonds. The fraction of sp³-hybridized carbons (Fsp3) is 1.00. The van der Waals surface area contributed by atoms with E-state index in [1.807, 2.05) is 0 Å². The smallest absolute Gasteiger partial charge is 0.0465 e. The lowest BCUT2D eigenvalue weighted by molar-refractivity contribution is 0.364. The van der Waals surface area contributed by atoms with Crippen LogP contribution in [-0.4, -0.2) is 18.5 Å². The molecule has 0 aromatic rings. The summed E-state index contributed by atoms with van der Waals surface area (Å²) in [5.74, 6) is 0.957. The van der Waals surface area contributed by atoms with Gasteiger partial charge in [-0.05, 0) is 37.1 Å². The molecule has 1 aliphatic carbocycles. The monoisotopic (exact) mass is 203 g/mol. The summed E-state index contributed by atoms with van der Waals surface area (Å²) in [4.78, 5) is 0. The van der Waals surface area contributed by atoms with Gasteiger partial charge in [-0.25, -0.2) is 0 Å². The second-order valence-corrected chi connectivity index (χ2v) is 6.08. The second-order valence-electron chi connectivity index (χ2n) is 5.46. The molecular weight excluding hydrogens is 182 g/mol.